The summed E-state index contributed by atoms with van der Waals surface area (Å²) in [6, 6.07) is 14.7. The molecule has 0 aliphatic heterocycles. The first-order valence-corrected chi connectivity index (χ1v) is 12.9. The molecule has 3 aromatic rings. The number of hydrogen-bond acceptors (Lipinski definition) is 8. The number of amides is 1. The van der Waals surface area contributed by atoms with Crippen LogP contribution in [-0.2, 0) is 14.8 Å². The first-order chi connectivity index (χ1) is 15.5. The van der Waals surface area contributed by atoms with E-state index in [9.17, 15) is 13.2 Å². The molecule has 1 amide bonds. The number of hydrogen-bond donors (Lipinski definition) is 1. The molecule has 1 aromatic heterocycles. The normalized spacial score (nSPS) is 11.0. The Labute approximate surface area is 195 Å². The van der Waals surface area contributed by atoms with Gasteiger partial charge in [-0.1, -0.05) is 59.5 Å². The number of carbonyl (C=O) groups is 1. The number of benzene rings is 2. The molecular formula is C21H22N4O4S3. The Balaban J connectivity index is 1.90. The fraction of sp³-hybridized carbons (Fsp3) is 0.190. The molecule has 0 bridgehead atoms. The van der Waals surface area contributed by atoms with Crippen LogP contribution in [0.4, 0.5) is 10.8 Å². The van der Waals surface area contributed by atoms with E-state index in [1.165, 1.54) is 35.2 Å². The molecule has 32 heavy (non-hydrogen) atoms. The highest BCUT2D eigenvalue weighted by molar-refractivity contribution is 8.01. The van der Waals surface area contributed by atoms with Gasteiger partial charge in [0.25, 0.3) is 10.0 Å². The number of thioether (sulfide) groups is 1. The Kier molecular flexibility index (Phi) is 8.26. The zero-order valence-electron chi connectivity index (χ0n) is 17.3. The smallest absolute Gasteiger partial charge is 0.264 e. The lowest BCUT2D eigenvalue weighted by Gasteiger charge is -2.25. The van der Waals surface area contributed by atoms with Gasteiger partial charge in [-0.05, 0) is 31.2 Å². The number of anilines is 2. The van der Waals surface area contributed by atoms with Crippen molar-refractivity contribution in [1.29, 1.82) is 0 Å². The third-order valence-electron chi connectivity index (χ3n) is 4.03. The van der Waals surface area contributed by atoms with Gasteiger partial charge >= 0.3 is 0 Å². The second kappa shape index (κ2) is 11.1. The van der Waals surface area contributed by atoms with E-state index in [1.54, 1.807) is 55.5 Å². The average Bonchev–Trinajstić information content (AvgIpc) is 3.24. The number of nitrogens with zero attached hydrogens (tertiary/aromatic N) is 3. The third-order valence-corrected chi connectivity index (χ3v) is 7.77. The van der Waals surface area contributed by atoms with E-state index in [0.29, 0.717) is 22.4 Å². The second-order valence-corrected chi connectivity index (χ2v) is 10.4. The molecule has 1 heterocycles. The topological polar surface area (TPSA) is 101 Å². The van der Waals surface area contributed by atoms with E-state index in [-0.39, 0.29) is 15.7 Å². The molecule has 8 nitrogen and oxygen atoms in total. The van der Waals surface area contributed by atoms with Crippen LogP contribution in [0.5, 0.6) is 5.75 Å². The largest absolute Gasteiger partial charge is 0.492 e. The van der Waals surface area contributed by atoms with Crippen molar-refractivity contribution in [1.82, 2.24) is 10.2 Å². The lowest BCUT2D eigenvalue weighted by atomic mass is 10.3. The van der Waals surface area contributed by atoms with E-state index in [4.69, 9.17) is 4.74 Å². The number of rotatable bonds is 11. The summed E-state index contributed by atoms with van der Waals surface area (Å²) in [5.41, 5.74) is 0.271. The second-order valence-electron chi connectivity index (χ2n) is 6.25. The van der Waals surface area contributed by atoms with Crippen LogP contribution in [0.15, 0.2) is 76.5 Å². The molecule has 0 aliphatic rings. The predicted molar refractivity (Wildman–Crippen MR) is 128 cm³/mol. The maximum Gasteiger partial charge on any atom is 0.264 e. The van der Waals surface area contributed by atoms with Gasteiger partial charge in [-0.2, -0.15) is 0 Å². The van der Waals surface area contributed by atoms with E-state index in [2.05, 4.69) is 22.1 Å². The molecule has 1 N–H and O–H groups in total. The number of carbonyl (C=O) groups excluding carboxylic acids is 1. The number of aromatic nitrogens is 2. The summed E-state index contributed by atoms with van der Waals surface area (Å²) < 4.78 is 34.2. The van der Waals surface area contributed by atoms with Gasteiger partial charge in [-0.15, -0.1) is 16.8 Å². The maximum absolute atomic E-state index is 13.5. The van der Waals surface area contributed by atoms with Gasteiger partial charge in [0.05, 0.1) is 17.2 Å². The molecule has 0 fully saturated rings. The molecule has 0 aliphatic carbocycles. The molecular weight excluding hydrogens is 468 g/mol. The van der Waals surface area contributed by atoms with E-state index < -0.39 is 22.5 Å². The lowest BCUT2D eigenvalue weighted by molar-refractivity contribution is -0.114. The Hall–Kier alpha value is -2.89. The van der Waals surface area contributed by atoms with E-state index >= 15 is 0 Å². The minimum absolute atomic E-state index is 0.0677. The summed E-state index contributed by atoms with van der Waals surface area (Å²) in [6.45, 7) is 5.34. The monoisotopic (exact) mass is 490 g/mol. The van der Waals surface area contributed by atoms with Crippen molar-refractivity contribution in [3.63, 3.8) is 0 Å². The van der Waals surface area contributed by atoms with Crippen LogP contribution in [-0.4, -0.2) is 43.4 Å². The van der Waals surface area contributed by atoms with Crippen molar-refractivity contribution >= 4 is 49.8 Å². The fourth-order valence-electron chi connectivity index (χ4n) is 2.70. The Morgan fingerprint density at radius 1 is 1.19 bits per heavy atom. The number of sulfonamides is 1. The molecule has 3 rings (SSSR count). The van der Waals surface area contributed by atoms with Crippen LogP contribution < -0.4 is 14.4 Å². The highest BCUT2D eigenvalue weighted by Crippen LogP contribution is 2.32. The third kappa shape index (κ3) is 5.87. The Morgan fingerprint density at radius 3 is 2.62 bits per heavy atom. The van der Waals surface area contributed by atoms with Crippen molar-refractivity contribution in [2.45, 2.75) is 16.2 Å². The fourth-order valence-corrected chi connectivity index (χ4v) is 5.68. The highest BCUT2D eigenvalue weighted by Gasteiger charge is 2.29. The van der Waals surface area contributed by atoms with Crippen LogP contribution in [0.2, 0.25) is 0 Å². The summed E-state index contributed by atoms with van der Waals surface area (Å²) in [6.07, 6.45) is 1.74. The van der Waals surface area contributed by atoms with Gasteiger partial charge in [-0.3, -0.25) is 14.4 Å². The molecule has 168 valence electrons. The van der Waals surface area contributed by atoms with Crippen LogP contribution in [0.25, 0.3) is 0 Å². The van der Waals surface area contributed by atoms with Gasteiger partial charge in [-0.25, -0.2) is 8.42 Å². The predicted octanol–water partition coefficient (Wildman–Crippen LogP) is 4.05. The van der Waals surface area contributed by atoms with Gasteiger partial charge in [0.1, 0.15) is 12.3 Å². The first-order valence-electron chi connectivity index (χ1n) is 9.62. The zero-order valence-corrected chi connectivity index (χ0v) is 19.8. The van der Waals surface area contributed by atoms with E-state index in [0.717, 1.165) is 4.31 Å². The zero-order chi connectivity index (χ0) is 23.0. The molecule has 0 saturated heterocycles. The first kappa shape index (κ1) is 23.8. The minimum atomic E-state index is -4.04. The van der Waals surface area contributed by atoms with Crippen LogP contribution in [0, 0.1) is 0 Å². The molecule has 0 atom stereocenters. The average molecular weight is 491 g/mol. The number of ether oxygens (including phenoxy) is 1. The Morgan fingerprint density at radius 2 is 1.91 bits per heavy atom. The quantitative estimate of drug-likeness (QED) is 0.246. The number of para-hydroxylation sites is 2. The molecule has 0 radical (unpaired) electrons. The van der Waals surface area contributed by atoms with Crippen LogP contribution >= 0.6 is 23.1 Å². The summed E-state index contributed by atoms with van der Waals surface area (Å²) in [5.74, 6) is 0.480. The SMILES string of the molecule is C=CCSc1nnc(NC(=O)CN(c2ccccc2OCC)S(=O)(=O)c2ccccc2)s1. The highest BCUT2D eigenvalue weighted by atomic mass is 32.2. The molecule has 0 saturated carbocycles. The number of nitrogens with one attached hydrogen (secondary N) is 1. The van der Waals surface area contributed by atoms with Crippen molar-refractivity contribution in [3.8, 4) is 5.75 Å². The maximum atomic E-state index is 13.5. The lowest BCUT2D eigenvalue weighted by Crippen LogP contribution is -2.38. The van der Waals surface area contributed by atoms with Crippen molar-refractivity contribution in [2.24, 2.45) is 0 Å². The van der Waals surface area contributed by atoms with Crippen LogP contribution in [0.1, 0.15) is 6.92 Å². The summed E-state index contributed by atoms with van der Waals surface area (Å²) in [5, 5.41) is 10.9. The summed E-state index contributed by atoms with van der Waals surface area (Å²) in [4.78, 5) is 12.9. The van der Waals surface area contributed by atoms with Gasteiger partial charge in [0, 0.05) is 5.75 Å². The standard InChI is InChI=1S/C21H22N4O4S3/c1-3-14-30-21-24-23-20(31-21)22-19(26)15-25(17-12-8-9-13-18(17)29-4-2)32(27,28)16-10-6-5-7-11-16/h3,5-13H,1,4,14-15H2,2H3,(H,22,23,26). The molecule has 11 heteroatoms. The van der Waals surface area contributed by atoms with Gasteiger partial charge < -0.3 is 4.74 Å². The Bertz CT molecular complexity index is 1170. The summed E-state index contributed by atoms with van der Waals surface area (Å²) >= 11 is 2.65. The summed E-state index contributed by atoms with van der Waals surface area (Å²) in [7, 11) is -4.04. The van der Waals surface area contributed by atoms with Gasteiger partial charge in [0.2, 0.25) is 11.0 Å². The molecule has 0 unspecified atom stereocenters. The molecule has 0 spiro atoms. The minimum Gasteiger partial charge on any atom is -0.492 e. The van der Waals surface area contributed by atoms with Crippen LogP contribution in [0.3, 0.4) is 0 Å². The van der Waals surface area contributed by atoms with E-state index in [1.807, 2.05) is 0 Å². The van der Waals surface area contributed by atoms with Gasteiger partial charge in [0.15, 0.2) is 4.34 Å². The van der Waals surface area contributed by atoms with Crippen molar-refractivity contribution in [2.75, 3.05) is 28.5 Å². The van der Waals surface area contributed by atoms with Crippen molar-refractivity contribution in [3.05, 3.63) is 67.3 Å². The van der Waals surface area contributed by atoms with Crippen molar-refractivity contribution < 1.29 is 17.9 Å². The molecule has 2 aromatic carbocycles.